The molecule has 1 heterocycles. The van der Waals surface area contributed by atoms with Gasteiger partial charge in [-0.2, -0.15) is 0 Å². The van der Waals surface area contributed by atoms with Gasteiger partial charge in [0.15, 0.2) is 11.5 Å². The maximum Gasteiger partial charge on any atom is 0.328 e. The van der Waals surface area contributed by atoms with Crippen LogP contribution in [0, 0.1) is 0 Å². The molecule has 38 heavy (non-hydrogen) atoms. The van der Waals surface area contributed by atoms with E-state index >= 15 is 0 Å². The molecule has 1 unspecified atom stereocenters. The number of ether oxygens (including phenoxy) is 2. The molecule has 0 fully saturated rings. The minimum atomic E-state index is -1.14. The molecule has 0 aliphatic carbocycles. The highest BCUT2D eigenvalue weighted by molar-refractivity contribution is 6.35. The van der Waals surface area contributed by atoms with Crippen LogP contribution in [0.3, 0.4) is 0 Å². The van der Waals surface area contributed by atoms with E-state index in [2.05, 4.69) is 0 Å². The van der Waals surface area contributed by atoms with Crippen molar-refractivity contribution >= 4 is 46.5 Å². The Kier molecular flexibility index (Phi) is 8.05. The lowest BCUT2D eigenvalue weighted by molar-refractivity contribution is -0.131. The Balaban J connectivity index is 1.86. The molecule has 2 N–H and O–H groups in total. The fourth-order valence-electron chi connectivity index (χ4n) is 4.06. The molecule has 1 amide bonds. The van der Waals surface area contributed by atoms with Crippen molar-refractivity contribution in [2.75, 3.05) is 18.6 Å². The number of ketones is 1. The molecule has 0 bridgehead atoms. The average molecular weight is 554 g/mol. The molecule has 10 heteroatoms. The Morgan fingerprint density at radius 2 is 1.76 bits per heavy atom. The second-order valence-electron chi connectivity index (χ2n) is 8.09. The normalized spacial score (nSPS) is 15.3. The summed E-state index contributed by atoms with van der Waals surface area (Å²) in [7, 11) is 1.45. The van der Waals surface area contributed by atoms with E-state index in [0.717, 1.165) is 6.08 Å². The van der Waals surface area contributed by atoms with Gasteiger partial charge in [0.05, 0.1) is 29.4 Å². The summed E-state index contributed by atoms with van der Waals surface area (Å²) in [5.74, 6) is -2.77. The van der Waals surface area contributed by atoms with Crippen molar-refractivity contribution in [3.05, 3.63) is 111 Å². The van der Waals surface area contributed by atoms with Gasteiger partial charge in [0, 0.05) is 22.7 Å². The quantitative estimate of drug-likeness (QED) is 0.254. The van der Waals surface area contributed by atoms with Crippen LogP contribution < -0.4 is 14.4 Å². The first kappa shape index (κ1) is 26.8. The van der Waals surface area contributed by atoms with E-state index in [1.807, 2.05) is 0 Å². The van der Waals surface area contributed by atoms with Crippen molar-refractivity contribution in [3.63, 3.8) is 0 Å². The summed E-state index contributed by atoms with van der Waals surface area (Å²) in [5, 5.41) is 20.5. The lowest BCUT2D eigenvalue weighted by Crippen LogP contribution is -2.31. The van der Waals surface area contributed by atoms with Crippen LogP contribution in [-0.2, 0) is 9.59 Å². The van der Waals surface area contributed by atoms with Crippen LogP contribution >= 0.6 is 23.2 Å². The number of anilines is 1. The van der Waals surface area contributed by atoms with Crippen LogP contribution in [0.2, 0.25) is 10.0 Å². The Morgan fingerprint density at radius 3 is 2.42 bits per heavy atom. The molecular formula is C28H21Cl2NO7. The molecule has 3 aromatic rings. The summed E-state index contributed by atoms with van der Waals surface area (Å²) < 4.78 is 11.1. The third-order valence-electron chi connectivity index (χ3n) is 5.78. The second kappa shape index (κ2) is 11.4. The maximum atomic E-state index is 13.7. The fourth-order valence-corrected chi connectivity index (χ4v) is 4.41. The van der Waals surface area contributed by atoms with Crippen molar-refractivity contribution < 1.29 is 34.1 Å². The molecule has 0 saturated carbocycles. The summed E-state index contributed by atoms with van der Waals surface area (Å²) in [4.78, 5) is 39.3. The monoisotopic (exact) mass is 553 g/mol. The smallest absolute Gasteiger partial charge is 0.328 e. The van der Waals surface area contributed by atoms with Crippen molar-refractivity contribution in [2.24, 2.45) is 0 Å². The van der Waals surface area contributed by atoms with Crippen molar-refractivity contribution in [1.29, 1.82) is 0 Å². The summed E-state index contributed by atoms with van der Waals surface area (Å²) in [5.41, 5.74) is 0.662. The molecule has 8 nitrogen and oxygen atoms in total. The number of aliphatic carboxylic acids is 1. The van der Waals surface area contributed by atoms with Gasteiger partial charge in [0.1, 0.15) is 18.1 Å². The van der Waals surface area contributed by atoms with E-state index in [-0.39, 0.29) is 34.2 Å². The molecule has 194 valence electrons. The molecular weight excluding hydrogens is 533 g/mol. The molecule has 4 rings (SSSR count). The standard InChI is InChI=1S/C28H21Cl2NO7/c1-37-18-12-13-21(22(15-18)38-14-4-7-23(32)33)31-25(16-8-10-17(29)11-9-16)24(27(35)28(31)36)26(34)19-5-2-3-6-20(19)30/h2-13,15,25,35H,14H2,1H3,(H,32,33)/b7-4+. The van der Waals surface area contributed by atoms with E-state index < -0.39 is 29.5 Å². The number of rotatable bonds is 9. The Labute approximate surface area is 227 Å². The highest BCUT2D eigenvalue weighted by atomic mass is 35.5. The van der Waals surface area contributed by atoms with Crippen molar-refractivity contribution in [1.82, 2.24) is 0 Å². The molecule has 3 aromatic carbocycles. The number of aliphatic hydroxyl groups is 1. The van der Waals surface area contributed by atoms with Crippen LogP contribution in [0.15, 0.2) is 90.2 Å². The summed E-state index contributed by atoms with van der Waals surface area (Å²) in [6.45, 7) is -0.134. The number of halogens is 2. The van der Waals surface area contributed by atoms with E-state index in [0.29, 0.717) is 16.3 Å². The lowest BCUT2D eigenvalue weighted by Gasteiger charge is -2.28. The SMILES string of the molecule is COc1ccc(N2C(=O)C(O)=C(C(=O)c3ccccc3Cl)C2c2ccc(Cl)cc2)c(OC/C=C/C(=O)O)c1. The van der Waals surface area contributed by atoms with Gasteiger partial charge in [-0.15, -0.1) is 0 Å². The van der Waals surface area contributed by atoms with Crippen LogP contribution in [0.4, 0.5) is 5.69 Å². The zero-order chi connectivity index (χ0) is 27.4. The van der Waals surface area contributed by atoms with Gasteiger partial charge in [0.2, 0.25) is 0 Å². The third-order valence-corrected chi connectivity index (χ3v) is 6.36. The first-order chi connectivity index (χ1) is 18.2. The molecule has 1 atom stereocenters. The van der Waals surface area contributed by atoms with E-state index in [1.54, 1.807) is 48.5 Å². The largest absolute Gasteiger partial charge is 0.503 e. The zero-order valence-corrected chi connectivity index (χ0v) is 21.4. The molecule has 1 aliphatic rings. The lowest BCUT2D eigenvalue weighted by atomic mass is 9.92. The van der Waals surface area contributed by atoms with Gasteiger partial charge in [-0.3, -0.25) is 14.5 Å². The number of hydrogen-bond acceptors (Lipinski definition) is 6. The highest BCUT2D eigenvalue weighted by Crippen LogP contribution is 2.46. The molecule has 0 radical (unpaired) electrons. The second-order valence-corrected chi connectivity index (χ2v) is 8.93. The number of Topliss-reactive ketones (excluding diaryl/α,β-unsaturated/α-hetero) is 1. The van der Waals surface area contributed by atoms with Gasteiger partial charge in [0.25, 0.3) is 5.91 Å². The van der Waals surface area contributed by atoms with Crippen LogP contribution in [0.1, 0.15) is 22.0 Å². The predicted molar refractivity (Wildman–Crippen MR) is 142 cm³/mol. The number of benzene rings is 3. The van der Waals surface area contributed by atoms with E-state index in [1.165, 1.54) is 36.3 Å². The number of aliphatic hydroxyl groups excluding tert-OH is 1. The van der Waals surface area contributed by atoms with Crippen LogP contribution in [0.5, 0.6) is 11.5 Å². The summed E-state index contributed by atoms with van der Waals surface area (Å²) in [6.07, 6.45) is 2.21. The van der Waals surface area contributed by atoms with Crippen molar-refractivity contribution in [2.45, 2.75) is 6.04 Å². The third kappa shape index (κ3) is 5.37. The first-order valence-corrected chi connectivity index (χ1v) is 12.0. The maximum absolute atomic E-state index is 13.7. The summed E-state index contributed by atoms with van der Waals surface area (Å²) in [6, 6.07) is 16.4. The van der Waals surface area contributed by atoms with E-state index in [4.69, 9.17) is 37.8 Å². The molecule has 1 aliphatic heterocycles. The number of carbonyl (C=O) groups excluding carboxylic acids is 2. The number of hydrogen-bond donors (Lipinski definition) is 2. The number of carboxylic acids is 1. The molecule has 0 saturated heterocycles. The van der Waals surface area contributed by atoms with Crippen molar-refractivity contribution in [3.8, 4) is 11.5 Å². The topological polar surface area (TPSA) is 113 Å². The first-order valence-electron chi connectivity index (χ1n) is 11.2. The Bertz CT molecular complexity index is 1460. The highest BCUT2D eigenvalue weighted by Gasteiger charge is 2.45. The minimum absolute atomic E-state index is 0.120. The molecule has 0 aromatic heterocycles. The number of carboxylic acid groups (broad SMARTS) is 1. The Morgan fingerprint density at radius 1 is 1.05 bits per heavy atom. The summed E-state index contributed by atoms with van der Waals surface area (Å²) >= 11 is 12.4. The van der Waals surface area contributed by atoms with Gasteiger partial charge >= 0.3 is 5.97 Å². The number of carbonyl (C=O) groups is 3. The van der Waals surface area contributed by atoms with E-state index in [9.17, 15) is 19.5 Å². The number of nitrogens with zero attached hydrogens (tertiary/aromatic N) is 1. The van der Waals surface area contributed by atoms with Gasteiger partial charge < -0.3 is 19.7 Å². The number of amides is 1. The average Bonchev–Trinajstić information content (AvgIpc) is 3.16. The predicted octanol–water partition coefficient (Wildman–Crippen LogP) is 5.80. The number of methoxy groups -OCH3 is 1. The van der Waals surface area contributed by atoms with Gasteiger partial charge in [-0.25, -0.2) is 4.79 Å². The van der Waals surface area contributed by atoms with Crippen LogP contribution in [0.25, 0.3) is 0 Å². The zero-order valence-electron chi connectivity index (χ0n) is 19.9. The minimum Gasteiger partial charge on any atom is -0.503 e. The van der Waals surface area contributed by atoms with Crippen LogP contribution in [-0.4, -0.2) is 41.6 Å². The van der Waals surface area contributed by atoms with Gasteiger partial charge in [-0.05, 0) is 48.0 Å². The fraction of sp³-hybridized carbons (Fsp3) is 0.107. The van der Waals surface area contributed by atoms with Gasteiger partial charge in [-0.1, -0.05) is 47.5 Å². The Hall–Kier alpha value is -4.27. The molecule has 0 spiro atoms.